The van der Waals surface area contributed by atoms with Gasteiger partial charge < -0.3 is 9.47 Å². The van der Waals surface area contributed by atoms with E-state index in [0.717, 1.165) is 32.5 Å². The number of methoxy groups -OCH3 is 1. The Morgan fingerprint density at radius 2 is 1.92 bits per heavy atom. The van der Waals surface area contributed by atoms with Crippen molar-refractivity contribution < 1.29 is 14.3 Å². The van der Waals surface area contributed by atoms with Crippen LogP contribution < -0.4 is 4.74 Å². The normalized spacial score (nSPS) is 10.5. The first-order chi connectivity index (χ1) is 12.2. The molecule has 0 aliphatic rings. The lowest BCUT2D eigenvalue weighted by molar-refractivity contribution is -0.139. The van der Waals surface area contributed by atoms with E-state index >= 15 is 0 Å². The molecule has 0 bridgehead atoms. The first-order valence-electron chi connectivity index (χ1n) is 7.96. The van der Waals surface area contributed by atoms with E-state index < -0.39 is 0 Å². The molecule has 0 saturated carbocycles. The fourth-order valence-corrected chi connectivity index (χ4v) is 3.42. The van der Waals surface area contributed by atoms with Crippen LogP contribution in [0.3, 0.4) is 0 Å². The Morgan fingerprint density at radius 3 is 2.68 bits per heavy atom. The van der Waals surface area contributed by atoms with Crippen LogP contribution in [-0.4, -0.2) is 18.1 Å². The number of thiazole rings is 1. The molecule has 4 nitrogen and oxygen atoms in total. The van der Waals surface area contributed by atoms with Gasteiger partial charge in [-0.05, 0) is 30.2 Å². The molecule has 0 N–H and O–H groups in total. The summed E-state index contributed by atoms with van der Waals surface area (Å²) in [5.74, 6) is 0.499. The number of nitrogens with zero attached hydrogens (tertiary/aromatic N) is 1. The number of hydrogen-bond donors (Lipinski definition) is 0. The van der Waals surface area contributed by atoms with Crippen molar-refractivity contribution >= 4 is 17.3 Å². The van der Waals surface area contributed by atoms with Gasteiger partial charge in [-0.2, -0.15) is 0 Å². The first kappa shape index (κ1) is 17.2. The van der Waals surface area contributed by atoms with Gasteiger partial charge >= 0.3 is 5.97 Å². The third-order valence-corrected chi connectivity index (χ3v) is 4.75. The quantitative estimate of drug-likeness (QED) is 0.616. The molecule has 1 heterocycles. The SMILES string of the molecule is COC(=O)Cc1nc(C)sc1-c1cccc(OCc2ccccc2)c1. The molecule has 1 aromatic heterocycles. The number of aryl methyl sites for hydroxylation is 1. The summed E-state index contributed by atoms with van der Waals surface area (Å²) >= 11 is 1.57. The Bertz CT molecular complexity index is 858. The summed E-state index contributed by atoms with van der Waals surface area (Å²) < 4.78 is 10.7. The summed E-state index contributed by atoms with van der Waals surface area (Å²) in [6, 6.07) is 17.9. The van der Waals surface area contributed by atoms with Gasteiger partial charge in [0.25, 0.3) is 0 Å². The standard InChI is InChI=1S/C20H19NO3S/c1-14-21-18(12-19(22)23-2)20(25-14)16-9-6-10-17(11-16)24-13-15-7-4-3-5-8-15/h3-11H,12-13H2,1-2H3. The van der Waals surface area contributed by atoms with Crippen LogP contribution in [0.1, 0.15) is 16.3 Å². The van der Waals surface area contributed by atoms with Gasteiger partial charge in [-0.3, -0.25) is 4.79 Å². The fourth-order valence-electron chi connectivity index (χ4n) is 2.49. The predicted octanol–water partition coefficient (Wildman–Crippen LogP) is 4.41. The zero-order valence-corrected chi connectivity index (χ0v) is 15.0. The summed E-state index contributed by atoms with van der Waals surface area (Å²) in [6.45, 7) is 2.45. The van der Waals surface area contributed by atoms with Crippen LogP contribution in [0.4, 0.5) is 0 Å². The lowest BCUT2D eigenvalue weighted by Crippen LogP contribution is -2.05. The van der Waals surface area contributed by atoms with Crippen molar-refractivity contribution in [3.8, 4) is 16.2 Å². The lowest BCUT2D eigenvalue weighted by Gasteiger charge is -2.08. The Kier molecular flexibility index (Phi) is 5.46. The van der Waals surface area contributed by atoms with Gasteiger partial charge in [0.2, 0.25) is 0 Å². The minimum atomic E-state index is -0.289. The maximum absolute atomic E-state index is 11.6. The predicted molar refractivity (Wildman–Crippen MR) is 98.8 cm³/mol. The molecule has 0 aliphatic carbocycles. The highest BCUT2D eigenvalue weighted by Crippen LogP contribution is 2.32. The van der Waals surface area contributed by atoms with Gasteiger partial charge in [0.15, 0.2) is 0 Å². The van der Waals surface area contributed by atoms with E-state index in [4.69, 9.17) is 9.47 Å². The Labute approximate surface area is 151 Å². The van der Waals surface area contributed by atoms with Crippen molar-refractivity contribution in [2.24, 2.45) is 0 Å². The van der Waals surface area contributed by atoms with E-state index in [2.05, 4.69) is 4.98 Å². The first-order valence-corrected chi connectivity index (χ1v) is 8.77. The Balaban J connectivity index is 1.80. The van der Waals surface area contributed by atoms with E-state index in [0.29, 0.717) is 6.61 Å². The average molecular weight is 353 g/mol. The summed E-state index contributed by atoms with van der Waals surface area (Å²) in [4.78, 5) is 17.1. The van der Waals surface area contributed by atoms with Crippen LogP contribution in [0.25, 0.3) is 10.4 Å². The minimum absolute atomic E-state index is 0.172. The molecule has 0 saturated heterocycles. The number of aromatic nitrogens is 1. The fraction of sp³-hybridized carbons (Fsp3) is 0.200. The Hall–Kier alpha value is -2.66. The van der Waals surface area contributed by atoms with E-state index in [1.807, 2.05) is 61.5 Å². The number of ether oxygens (including phenoxy) is 2. The second-order valence-corrected chi connectivity index (χ2v) is 6.77. The smallest absolute Gasteiger partial charge is 0.311 e. The monoisotopic (exact) mass is 353 g/mol. The van der Waals surface area contributed by atoms with E-state index in [1.54, 1.807) is 11.3 Å². The van der Waals surface area contributed by atoms with Gasteiger partial charge in [0.1, 0.15) is 12.4 Å². The summed E-state index contributed by atoms with van der Waals surface area (Å²) in [5, 5.41) is 0.921. The van der Waals surface area contributed by atoms with Gasteiger partial charge in [0.05, 0.1) is 29.1 Å². The number of carbonyl (C=O) groups excluding carboxylic acids is 1. The van der Waals surface area contributed by atoms with Crippen molar-refractivity contribution in [2.45, 2.75) is 20.0 Å². The van der Waals surface area contributed by atoms with Gasteiger partial charge in [-0.15, -0.1) is 11.3 Å². The van der Waals surface area contributed by atoms with Crippen molar-refractivity contribution in [1.82, 2.24) is 4.98 Å². The Morgan fingerprint density at radius 1 is 1.12 bits per heavy atom. The molecule has 2 aromatic carbocycles. The second kappa shape index (κ2) is 7.94. The third-order valence-electron chi connectivity index (χ3n) is 3.69. The molecule has 25 heavy (non-hydrogen) atoms. The van der Waals surface area contributed by atoms with Crippen LogP contribution >= 0.6 is 11.3 Å². The molecule has 0 atom stereocenters. The topological polar surface area (TPSA) is 48.4 Å². The molecule has 0 aliphatic heterocycles. The van der Waals surface area contributed by atoms with Crippen molar-refractivity contribution in [2.75, 3.05) is 7.11 Å². The highest BCUT2D eigenvalue weighted by atomic mass is 32.1. The highest BCUT2D eigenvalue weighted by molar-refractivity contribution is 7.15. The molecule has 0 unspecified atom stereocenters. The summed E-state index contributed by atoms with van der Waals surface area (Å²) in [5.41, 5.74) is 2.86. The average Bonchev–Trinajstić information content (AvgIpc) is 3.01. The number of hydrogen-bond acceptors (Lipinski definition) is 5. The van der Waals surface area contributed by atoms with Crippen LogP contribution in [-0.2, 0) is 22.6 Å². The molecule has 0 spiro atoms. The van der Waals surface area contributed by atoms with E-state index in [-0.39, 0.29) is 12.4 Å². The number of rotatable bonds is 6. The van der Waals surface area contributed by atoms with Gasteiger partial charge in [-0.1, -0.05) is 42.5 Å². The van der Waals surface area contributed by atoms with Gasteiger partial charge in [0, 0.05) is 0 Å². The lowest BCUT2D eigenvalue weighted by atomic mass is 10.1. The maximum atomic E-state index is 11.6. The van der Waals surface area contributed by atoms with Crippen LogP contribution in [0, 0.1) is 6.92 Å². The van der Waals surface area contributed by atoms with E-state index in [1.165, 1.54) is 7.11 Å². The molecular weight excluding hydrogens is 334 g/mol. The molecule has 0 radical (unpaired) electrons. The number of esters is 1. The van der Waals surface area contributed by atoms with E-state index in [9.17, 15) is 4.79 Å². The largest absolute Gasteiger partial charge is 0.489 e. The minimum Gasteiger partial charge on any atom is -0.489 e. The zero-order chi connectivity index (χ0) is 17.6. The van der Waals surface area contributed by atoms with Crippen LogP contribution in [0.15, 0.2) is 54.6 Å². The zero-order valence-electron chi connectivity index (χ0n) is 14.2. The van der Waals surface area contributed by atoms with Gasteiger partial charge in [-0.25, -0.2) is 4.98 Å². The molecule has 5 heteroatoms. The number of carbonyl (C=O) groups is 1. The molecule has 0 fully saturated rings. The summed E-state index contributed by atoms with van der Waals surface area (Å²) in [7, 11) is 1.39. The maximum Gasteiger partial charge on any atom is 0.311 e. The molecular formula is C20H19NO3S. The molecule has 0 amide bonds. The van der Waals surface area contributed by atoms with Crippen molar-refractivity contribution in [3.05, 3.63) is 70.9 Å². The molecule has 3 rings (SSSR count). The summed E-state index contributed by atoms with van der Waals surface area (Å²) in [6.07, 6.45) is 0.172. The van der Waals surface area contributed by atoms with Crippen LogP contribution in [0.5, 0.6) is 5.75 Å². The molecule has 128 valence electrons. The molecule has 3 aromatic rings. The highest BCUT2D eigenvalue weighted by Gasteiger charge is 2.15. The van der Waals surface area contributed by atoms with Crippen molar-refractivity contribution in [1.29, 1.82) is 0 Å². The van der Waals surface area contributed by atoms with Crippen LogP contribution in [0.2, 0.25) is 0 Å². The third kappa shape index (κ3) is 4.45. The van der Waals surface area contributed by atoms with Crippen molar-refractivity contribution in [3.63, 3.8) is 0 Å². The number of benzene rings is 2. The second-order valence-electron chi connectivity index (χ2n) is 5.56.